The van der Waals surface area contributed by atoms with E-state index in [4.69, 9.17) is 0 Å². The molecule has 0 aromatic heterocycles. The molecule has 0 amide bonds. The van der Waals surface area contributed by atoms with Crippen molar-refractivity contribution < 1.29 is 0 Å². The van der Waals surface area contributed by atoms with Crippen molar-refractivity contribution in [3.8, 4) is 0 Å². The van der Waals surface area contributed by atoms with E-state index in [2.05, 4.69) is 66.8 Å². The van der Waals surface area contributed by atoms with Crippen LogP contribution in [0.3, 0.4) is 0 Å². The van der Waals surface area contributed by atoms with Gasteiger partial charge in [0.1, 0.15) is 0 Å². The lowest BCUT2D eigenvalue weighted by molar-refractivity contribution is 1.09. The van der Waals surface area contributed by atoms with E-state index in [1.807, 2.05) is 0 Å². The Kier molecular flexibility index (Phi) is 2.04. The molecule has 0 saturated heterocycles. The van der Waals surface area contributed by atoms with Gasteiger partial charge in [-0.3, -0.25) is 0 Å². The van der Waals surface area contributed by atoms with E-state index >= 15 is 0 Å². The Balaban J connectivity index is 1.95. The number of allylic oxidation sites excluding steroid dienone is 1. The fourth-order valence-electron chi connectivity index (χ4n) is 3.15. The van der Waals surface area contributed by atoms with Crippen molar-refractivity contribution in [2.24, 2.45) is 0 Å². The van der Waals surface area contributed by atoms with E-state index in [0.29, 0.717) is 5.92 Å². The topological polar surface area (TPSA) is 0 Å². The second-order valence-corrected chi connectivity index (χ2v) is 4.99. The second kappa shape index (κ2) is 3.71. The molecule has 0 spiro atoms. The minimum Gasteiger partial charge on any atom is -0.0725 e. The van der Waals surface area contributed by atoms with Gasteiger partial charge >= 0.3 is 0 Å². The maximum atomic E-state index is 2.35. The normalized spacial score (nSPS) is 19.6. The fraction of sp³-hybridized carbons (Fsp3) is 0.111. The zero-order valence-electron chi connectivity index (χ0n) is 10.1. The number of fused-ring (bicyclic) bond motifs is 2. The van der Waals surface area contributed by atoms with Gasteiger partial charge in [-0.05, 0) is 33.6 Å². The zero-order valence-corrected chi connectivity index (χ0v) is 10.1. The molecule has 2 aromatic carbocycles. The van der Waals surface area contributed by atoms with Crippen molar-refractivity contribution in [1.29, 1.82) is 0 Å². The molecule has 2 aliphatic carbocycles. The lowest BCUT2D eigenvalue weighted by atomic mass is 9.91. The van der Waals surface area contributed by atoms with Crippen molar-refractivity contribution in [1.82, 2.24) is 0 Å². The Hall–Kier alpha value is -2.08. The molecule has 0 fully saturated rings. The van der Waals surface area contributed by atoms with Gasteiger partial charge in [0.25, 0.3) is 0 Å². The molecular formula is C18H14. The molecule has 1 unspecified atom stereocenters. The maximum Gasteiger partial charge on any atom is 0.0249 e. The van der Waals surface area contributed by atoms with Crippen LogP contribution in [0, 0.1) is 0 Å². The summed E-state index contributed by atoms with van der Waals surface area (Å²) in [6, 6.07) is 17.5. The summed E-state index contributed by atoms with van der Waals surface area (Å²) in [5.74, 6) is 0.473. The van der Waals surface area contributed by atoms with Gasteiger partial charge in [-0.15, -0.1) is 0 Å². The Morgan fingerprint density at radius 3 is 2.72 bits per heavy atom. The number of benzene rings is 2. The number of hydrogen-bond donors (Lipinski definition) is 0. The van der Waals surface area contributed by atoms with Crippen LogP contribution in [0.2, 0.25) is 0 Å². The zero-order chi connectivity index (χ0) is 11.9. The standard InChI is InChI=1S/C18H14/c1-3-7-15-13(5-1)9-11-17(15)18-12-10-14-6-2-4-8-16(14)18/h1-11,17H,12H2. The van der Waals surface area contributed by atoms with Gasteiger partial charge in [-0.25, -0.2) is 0 Å². The highest BCUT2D eigenvalue weighted by Gasteiger charge is 2.21. The van der Waals surface area contributed by atoms with Crippen LogP contribution >= 0.6 is 0 Å². The van der Waals surface area contributed by atoms with Gasteiger partial charge in [0.15, 0.2) is 0 Å². The first kappa shape index (κ1) is 9.90. The predicted molar refractivity (Wildman–Crippen MR) is 76.4 cm³/mol. The second-order valence-electron chi connectivity index (χ2n) is 4.99. The molecule has 2 aromatic rings. The SMILES string of the molecule is C1=CC(C2=c3ccccc3=CC2)c2ccccc21. The molecule has 0 heteroatoms. The molecule has 2 aliphatic rings. The van der Waals surface area contributed by atoms with E-state index in [9.17, 15) is 0 Å². The van der Waals surface area contributed by atoms with E-state index < -0.39 is 0 Å². The molecule has 0 bridgehead atoms. The average molecular weight is 230 g/mol. The van der Waals surface area contributed by atoms with Crippen LogP contribution in [0.5, 0.6) is 0 Å². The van der Waals surface area contributed by atoms with E-state index in [1.54, 1.807) is 5.57 Å². The Morgan fingerprint density at radius 2 is 1.72 bits per heavy atom. The van der Waals surface area contributed by atoms with Crippen LogP contribution in [0.15, 0.2) is 54.6 Å². The molecule has 1 atom stereocenters. The summed E-state index contributed by atoms with van der Waals surface area (Å²) in [6.45, 7) is 0. The molecule has 18 heavy (non-hydrogen) atoms. The monoisotopic (exact) mass is 230 g/mol. The van der Waals surface area contributed by atoms with Crippen LogP contribution in [0.25, 0.3) is 17.7 Å². The fourth-order valence-corrected chi connectivity index (χ4v) is 3.15. The minimum absolute atomic E-state index is 0.473. The Morgan fingerprint density at radius 1 is 0.889 bits per heavy atom. The summed E-state index contributed by atoms with van der Waals surface area (Å²) < 4.78 is 0. The van der Waals surface area contributed by atoms with Crippen molar-refractivity contribution in [2.45, 2.75) is 12.3 Å². The molecule has 86 valence electrons. The first-order chi connectivity index (χ1) is 8.93. The highest BCUT2D eigenvalue weighted by molar-refractivity contribution is 5.75. The number of hydrogen-bond acceptors (Lipinski definition) is 0. The first-order valence-electron chi connectivity index (χ1n) is 6.49. The van der Waals surface area contributed by atoms with Crippen LogP contribution < -0.4 is 10.4 Å². The summed E-state index contributed by atoms with van der Waals surface area (Å²) in [4.78, 5) is 0. The van der Waals surface area contributed by atoms with Gasteiger partial charge in [0.2, 0.25) is 0 Å². The lowest BCUT2D eigenvalue weighted by Crippen LogP contribution is -2.23. The third-order valence-corrected chi connectivity index (χ3v) is 4.02. The van der Waals surface area contributed by atoms with Gasteiger partial charge in [-0.2, -0.15) is 0 Å². The largest absolute Gasteiger partial charge is 0.0725 e. The average Bonchev–Trinajstić information content (AvgIpc) is 3.01. The van der Waals surface area contributed by atoms with Crippen molar-refractivity contribution in [2.75, 3.05) is 0 Å². The highest BCUT2D eigenvalue weighted by atomic mass is 14.3. The molecule has 0 radical (unpaired) electrons. The van der Waals surface area contributed by atoms with Crippen LogP contribution in [0.1, 0.15) is 23.5 Å². The number of rotatable bonds is 1. The third kappa shape index (κ3) is 1.32. The molecule has 4 rings (SSSR count). The Labute approximate surface area is 107 Å². The Bertz CT molecular complexity index is 763. The van der Waals surface area contributed by atoms with Gasteiger partial charge in [0.05, 0.1) is 0 Å². The van der Waals surface area contributed by atoms with Crippen molar-refractivity contribution >= 4 is 17.7 Å². The van der Waals surface area contributed by atoms with Crippen LogP contribution in [-0.4, -0.2) is 0 Å². The summed E-state index contributed by atoms with van der Waals surface area (Å²) in [5.41, 5.74) is 4.38. The minimum atomic E-state index is 0.473. The van der Waals surface area contributed by atoms with Crippen LogP contribution in [0.4, 0.5) is 0 Å². The molecular weight excluding hydrogens is 216 g/mol. The van der Waals surface area contributed by atoms with Gasteiger partial charge < -0.3 is 0 Å². The molecule has 0 heterocycles. The summed E-state index contributed by atoms with van der Waals surface area (Å²) in [5, 5.41) is 2.83. The smallest absolute Gasteiger partial charge is 0.0249 e. The summed E-state index contributed by atoms with van der Waals surface area (Å²) in [6.07, 6.45) is 8.03. The van der Waals surface area contributed by atoms with Crippen LogP contribution in [-0.2, 0) is 0 Å². The highest BCUT2D eigenvalue weighted by Crippen LogP contribution is 2.37. The van der Waals surface area contributed by atoms with Gasteiger partial charge in [0, 0.05) is 5.92 Å². The summed E-state index contributed by atoms with van der Waals surface area (Å²) in [7, 11) is 0. The predicted octanol–water partition coefficient (Wildman–Crippen LogP) is 2.83. The lowest BCUT2D eigenvalue weighted by Gasteiger charge is -2.12. The molecule has 0 nitrogen and oxygen atoms in total. The van der Waals surface area contributed by atoms with E-state index in [-0.39, 0.29) is 0 Å². The van der Waals surface area contributed by atoms with Crippen molar-refractivity contribution in [3.05, 3.63) is 76.2 Å². The first-order valence-corrected chi connectivity index (χ1v) is 6.49. The molecule has 0 saturated carbocycles. The van der Waals surface area contributed by atoms with E-state index in [0.717, 1.165) is 6.42 Å². The van der Waals surface area contributed by atoms with Gasteiger partial charge in [-0.1, -0.05) is 66.8 Å². The maximum absolute atomic E-state index is 2.35. The molecule has 0 N–H and O–H groups in total. The molecule has 0 aliphatic heterocycles. The quantitative estimate of drug-likeness (QED) is 0.706. The third-order valence-electron chi connectivity index (χ3n) is 4.02. The van der Waals surface area contributed by atoms with Crippen molar-refractivity contribution in [3.63, 3.8) is 0 Å². The van der Waals surface area contributed by atoms with E-state index in [1.165, 1.54) is 21.6 Å². The summed E-state index contributed by atoms with van der Waals surface area (Å²) >= 11 is 0.